The number of hydrogen-bond acceptors (Lipinski definition) is 2. The van der Waals surface area contributed by atoms with Crippen molar-refractivity contribution in [3.63, 3.8) is 0 Å². The zero-order chi connectivity index (χ0) is 10.7. The summed E-state index contributed by atoms with van der Waals surface area (Å²) in [6, 6.07) is 5.44. The monoisotopic (exact) mass is 190 g/mol. The summed E-state index contributed by atoms with van der Waals surface area (Å²) in [7, 11) is 5.85. The fourth-order valence-corrected chi connectivity index (χ4v) is 1.28. The molecule has 0 aliphatic heterocycles. The third-order valence-electron chi connectivity index (χ3n) is 1.91. The first-order valence-corrected chi connectivity index (χ1v) is 4.75. The van der Waals surface area contributed by atoms with Crippen molar-refractivity contribution in [1.29, 1.82) is 0 Å². The van der Waals surface area contributed by atoms with Crippen molar-refractivity contribution in [3.8, 4) is 5.75 Å². The summed E-state index contributed by atoms with van der Waals surface area (Å²) < 4.78 is 5.50. The van der Waals surface area contributed by atoms with Gasteiger partial charge < -0.3 is 9.84 Å². The summed E-state index contributed by atoms with van der Waals surface area (Å²) >= 11 is 0. The smallest absolute Gasteiger partial charge is 0.119 e. The number of rotatable bonds is 3. The fraction of sp³-hybridized carbons (Fsp3) is 0.455. The van der Waals surface area contributed by atoms with Gasteiger partial charge in [-0.1, -0.05) is 12.1 Å². The molecule has 0 aliphatic rings. The molecule has 0 bridgehead atoms. The molecule has 0 saturated heterocycles. The Balaban J connectivity index is 3.01. The fourth-order valence-electron chi connectivity index (χ4n) is 1.28. The summed E-state index contributed by atoms with van der Waals surface area (Å²) in [5.74, 6) is 0.637. The summed E-state index contributed by atoms with van der Waals surface area (Å²) in [6.45, 7) is 5.56. The minimum atomic E-state index is -0.564. The minimum absolute atomic E-state index is 0.0848. The first-order chi connectivity index (χ1) is 6.52. The van der Waals surface area contributed by atoms with Gasteiger partial charge in [0.25, 0.3) is 0 Å². The van der Waals surface area contributed by atoms with Crippen molar-refractivity contribution in [2.45, 2.75) is 33.0 Å². The van der Waals surface area contributed by atoms with Gasteiger partial charge in [-0.25, -0.2) is 0 Å². The SMILES string of the molecule is [B]c1c(OC(C)C)cccc1[C@@H](C)O. The maximum Gasteiger partial charge on any atom is 0.119 e. The van der Waals surface area contributed by atoms with Crippen LogP contribution in [0.1, 0.15) is 32.4 Å². The predicted molar refractivity (Wildman–Crippen MR) is 58.2 cm³/mol. The molecule has 0 fully saturated rings. The second-order valence-corrected chi connectivity index (χ2v) is 3.60. The molecule has 0 saturated carbocycles. The van der Waals surface area contributed by atoms with E-state index < -0.39 is 6.10 Å². The van der Waals surface area contributed by atoms with E-state index in [9.17, 15) is 5.11 Å². The second-order valence-electron chi connectivity index (χ2n) is 3.60. The highest BCUT2D eigenvalue weighted by Gasteiger charge is 2.09. The minimum Gasteiger partial charge on any atom is -0.492 e. The molecule has 3 heteroatoms. The van der Waals surface area contributed by atoms with Crippen LogP contribution < -0.4 is 10.2 Å². The van der Waals surface area contributed by atoms with E-state index in [1.54, 1.807) is 19.1 Å². The molecule has 2 nitrogen and oxygen atoms in total. The Morgan fingerprint density at radius 1 is 1.29 bits per heavy atom. The molecule has 0 amide bonds. The number of aliphatic hydroxyl groups is 1. The molecule has 0 aromatic heterocycles. The van der Waals surface area contributed by atoms with Crippen LogP contribution in [0.5, 0.6) is 5.75 Å². The average molecular weight is 190 g/mol. The van der Waals surface area contributed by atoms with E-state index in [1.165, 1.54) is 0 Å². The highest BCUT2D eigenvalue weighted by molar-refractivity contribution is 6.35. The number of aliphatic hydroxyl groups excluding tert-OH is 1. The summed E-state index contributed by atoms with van der Waals surface area (Å²) in [5.41, 5.74) is 1.24. The largest absolute Gasteiger partial charge is 0.492 e. The summed E-state index contributed by atoms with van der Waals surface area (Å²) in [6.07, 6.45) is -0.479. The molecule has 0 aliphatic carbocycles. The topological polar surface area (TPSA) is 29.5 Å². The Morgan fingerprint density at radius 3 is 2.43 bits per heavy atom. The molecule has 1 atom stereocenters. The molecule has 1 N–H and O–H groups in total. The highest BCUT2D eigenvalue weighted by Crippen LogP contribution is 2.16. The van der Waals surface area contributed by atoms with Crippen LogP contribution in [-0.4, -0.2) is 19.1 Å². The number of hydrogen-bond donors (Lipinski definition) is 1. The second kappa shape index (κ2) is 4.51. The van der Waals surface area contributed by atoms with Gasteiger partial charge in [-0.2, -0.15) is 0 Å². The average Bonchev–Trinajstić information content (AvgIpc) is 2.07. The molecular formula is C11H15BO2. The highest BCUT2D eigenvalue weighted by atomic mass is 16.5. The normalized spacial score (nSPS) is 12.9. The van der Waals surface area contributed by atoms with Crippen molar-refractivity contribution >= 4 is 13.3 Å². The van der Waals surface area contributed by atoms with Crippen LogP contribution in [0.25, 0.3) is 0 Å². The van der Waals surface area contributed by atoms with Crippen LogP contribution in [0.4, 0.5) is 0 Å². The molecule has 0 spiro atoms. The van der Waals surface area contributed by atoms with Gasteiger partial charge in [0, 0.05) is 0 Å². The van der Waals surface area contributed by atoms with Gasteiger partial charge in [0.2, 0.25) is 0 Å². The van der Waals surface area contributed by atoms with Crippen molar-refractivity contribution in [2.75, 3.05) is 0 Å². The zero-order valence-electron chi connectivity index (χ0n) is 8.82. The van der Waals surface area contributed by atoms with Gasteiger partial charge in [0.05, 0.1) is 12.2 Å². The van der Waals surface area contributed by atoms with Crippen molar-refractivity contribution in [3.05, 3.63) is 23.8 Å². The third kappa shape index (κ3) is 2.52. The van der Waals surface area contributed by atoms with E-state index in [4.69, 9.17) is 12.6 Å². The predicted octanol–water partition coefficient (Wildman–Crippen LogP) is 1.32. The van der Waals surface area contributed by atoms with Crippen molar-refractivity contribution in [2.24, 2.45) is 0 Å². The van der Waals surface area contributed by atoms with Gasteiger partial charge in [0.1, 0.15) is 13.6 Å². The molecule has 1 aromatic carbocycles. The van der Waals surface area contributed by atoms with Crippen LogP contribution in [0.3, 0.4) is 0 Å². The Kier molecular flexibility index (Phi) is 3.58. The zero-order valence-corrected chi connectivity index (χ0v) is 8.82. The van der Waals surface area contributed by atoms with Crippen LogP contribution in [0, 0.1) is 0 Å². The van der Waals surface area contributed by atoms with Gasteiger partial charge in [-0.3, -0.25) is 0 Å². The first-order valence-electron chi connectivity index (χ1n) is 4.75. The maximum absolute atomic E-state index is 9.43. The Hall–Kier alpha value is -0.955. The lowest BCUT2D eigenvalue weighted by atomic mass is 9.87. The molecular weight excluding hydrogens is 175 g/mol. The Labute approximate surface area is 86.3 Å². The van der Waals surface area contributed by atoms with Gasteiger partial charge >= 0.3 is 0 Å². The number of ether oxygens (including phenoxy) is 1. The van der Waals surface area contributed by atoms with Crippen LogP contribution in [0.15, 0.2) is 18.2 Å². The first kappa shape index (κ1) is 11.1. The van der Waals surface area contributed by atoms with E-state index >= 15 is 0 Å². The third-order valence-corrected chi connectivity index (χ3v) is 1.91. The van der Waals surface area contributed by atoms with Gasteiger partial charge in [-0.15, -0.1) is 0 Å². The quantitative estimate of drug-likeness (QED) is 0.728. The molecule has 1 rings (SSSR count). The van der Waals surface area contributed by atoms with Crippen LogP contribution in [-0.2, 0) is 0 Å². The molecule has 14 heavy (non-hydrogen) atoms. The van der Waals surface area contributed by atoms with Crippen LogP contribution >= 0.6 is 0 Å². The lowest BCUT2D eigenvalue weighted by Gasteiger charge is -2.16. The van der Waals surface area contributed by atoms with Crippen molar-refractivity contribution < 1.29 is 9.84 Å². The van der Waals surface area contributed by atoms with Crippen LogP contribution in [0.2, 0.25) is 0 Å². The molecule has 0 heterocycles. The number of benzene rings is 1. The molecule has 74 valence electrons. The Bertz CT molecular complexity index is 308. The summed E-state index contributed by atoms with van der Waals surface area (Å²) in [4.78, 5) is 0. The van der Waals surface area contributed by atoms with E-state index in [2.05, 4.69) is 0 Å². The molecule has 1 aromatic rings. The van der Waals surface area contributed by atoms with Gasteiger partial charge in [-0.05, 0) is 37.9 Å². The van der Waals surface area contributed by atoms with E-state index in [1.807, 2.05) is 19.9 Å². The lowest BCUT2D eigenvalue weighted by molar-refractivity contribution is 0.199. The summed E-state index contributed by atoms with van der Waals surface area (Å²) in [5, 5.41) is 9.43. The molecule has 0 unspecified atom stereocenters. The van der Waals surface area contributed by atoms with E-state index in [0.29, 0.717) is 16.8 Å². The van der Waals surface area contributed by atoms with Crippen molar-refractivity contribution in [1.82, 2.24) is 0 Å². The molecule has 2 radical (unpaired) electrons. The maximum atomic E-state index is 9.43. The van der Waals surface area contributed by atoms with E-state index in [-0.39, 0.29) is 6.10 Å². The lowest BCUT2D eigenvalue weighted by Crippen LogP contribution is -2.19. The standard InChI is InChI=1S/C11H15BO2/c1-7(2)14-10-6-4-5-9(8(3)13)11(10)12/h4-8,13H,1-3H3/t8-/m1/s1. The van der Waals surface area contributed by atoms with Gasteiger partial charge in [0.15, 0.2) is 0 Å². The Morgan fingerprint density at radius 2 is 1.93 bits per heavy atom. The van der Waals surface area contributed by atoms with E-state index in [0.717, 1.165) is 0 Å².